The van der Waals surface area contributed by atoms with E-state index in [9.17, 15) is 0 Å². The number of allylic oxidation sites excluding steroid dienone is 1. The van der Waals surface area contributed by atoms with Crippen molar-refractivity contribution in [2.45, 2.75) is 20.3 Å². The lowest BCUT2D eigenvalue weighted by Gasteiger charge is -2.04. The minimum Gasteiger partial charge on any atom is -0.0996 e. The van der Waals surface area contributed by atoms with E-state index in [1.807, 2.05) is 0 Å². The zero-order valence-corrected chi connectivity index (χ0v) is 7.16. The van der Waals surface area contributed by atoms with E-state index in [0.717, 1.165) is 11.8 Å². The molecule has 0 nitrogen and oxygen atoms in total. The highest BCUT2D eigenvalue weighted by molar-refractivity contribution is 9.09. The maximum absolute atomic E-state index is 3.91. The first kappa shape index (κ1) is 8.22. The molecule has 0 N–H and O–H groups in total. The van der Waals surface area contributed by atoms with E-state index in [1.54, 1.807) is 0 Å². The van der Waals surface area contributed by atoms with E-state index in [2.05, 4.69) is 36.4 Å². The summed E-state index contributed by atoms with van der Waals surface area (Å²) in [4.78, 5) is 0. The van der Waals surface area contributed by atoms with Crippen LogP contribution in [-0.2, 0) is 0 Å². The molecule has 0 aromatic heterocycles. The van der Waals surface area contributed by atoms with Crippen LogP contribution >= 0.6 is 15.9 Å². The minimum absolute atomic E-state index is 0.646. The summed E-state index contributed by atoms with van der Waals surface area (Å²) in [5.74, 6) is 0.646. The molecule has 0 atom stereocenters. The Hall–Kier alpha value is 0.220. The zero-order chi connectivity index (χ0) is 6.57. The molecule has 0 radical (unpaired) electrons. The average Bonchev–Trinajstić information content (AvgIpc) is 1.67. The van der Waals surface area contributed by atoms with Crippen LogP contribution in [0.4, 0.5) is 0 Å². The maximum Gasteiger partial charge on any atom is 0.00685 e. The van der Waals surface area contributed by atoms with Crippen LogP contribution in [0.3, 0.4) is 0 Å². The Morgan fingerprint density at radius 2 is 2.12 bits per heavy atom. The van der Waals surface area contributed by atoms with Gasteiger partial charge in [-0.15, -0.1) is 0 Å². The molecule has 0 amide bonds. The molecule has 0 aliphatic heterocycles. The predicted molar refractivity (Wildman–Crippen MR) is 42.4 cm³/mol. The number of halogens is 1. The van der Waals surface area contributed by atoms with Crippen LogP contribution in [0.25, 0.3) is 0 Å². The second-order valence-corrected chi connectivity index (χ2v) is 3.04. The molecule has 48 valence electrons. The van der Waals surface area contributed by atoms with Gasteiger partial charge in [0.1, 0.15) is 0 Å². The maximum atomic E-state index is 3.91. The molecule has 0 fully saturated rings. The van der Waals surface area contributed by atoms with Gasteiger partial charge in [0, 0.05) is 5.33 Å². The monoisotopic (exact) mass is 176 g/mol. The summed E-state index contributed by atoms with van der Waals surface area (Å²) in [6, 6.07) is 0. The number of rotatable bonds is 3. The topological polar surface area (TPSA) is 0 Å². The van der Waals surface area contributed by atoms with Gasteiger partial charge in [0.05, 0.1) is 0 Å². The van der Waals surface area contributed by atoms with Crippen LogP contribution in [0.5, 0.6) is 0 Å². The van der Waals surface area contributed by atoms with Crippen molar-refractivity contribution in [1.82, 2.24) is 0 Å². The Morgan fingerprint density at radius 1 is 1.62 bits per heavy atom. The Labute approximate surface area is 60.1 Å². The van der Waals surface area contributed by atoms with Crippen LogP contribution in [0, 0.1) is 5.92 Å². The molecule has 0 bridgehead atoms. The van der Waals surface area contributed by atoms with E-state index in [4.69, 9.17) is 0 Å². The molecule has 0 aliphatic carbocycles. The van der Waals surface area contributed by atoms with Crippen LogP contribution in [-0.4, -0.2) is 5.33 Å². The highest BCUT2D eigenvalue weighted by Gasteiger charge is 1.96. The molecule has 0 aromatic rings. The third-order valence-corrected chi connectivity index (χ3v) is 1.63. The molecule has 0 rings (SSSR count). The van der Waals surface area contributed by atoms with E-state index < -0.39 is 0 Å². The van der Waals surface area contributed by atoms with E-state index in [1.165, 1.54) is 5.57 Å². The van der Waals surface area contributed by atoms with Gasteiger partial charge >= 0.3 is 0 Å². The Kier molecular flexibility index (Phi) is 4.25. The number of alkyl halides is 1. The van der Waals surface area contributed by atoms with Gasteiger partial charge in [0.25, 0.3) is 0 Å². The second kappa shape index (κ2) is 4.13. The van der Waals surface area contributed by atoms with Crippen LogP contribution in [0.15, 0.2) is 12.2 Å². The van der Waals surface area contributed by atoms with Crippen molar-refractivity contribution < 1.29 is 0 Å². The fourth-order valence-electron chi connectivity index (χ4n) is 0.410. The fourth-order valence-corrected chi connectivity index (χ4v) is 0.919. The van der Waals surface area contributed by atoms with Crippen LogP contribution in [0.2, 0.25) is 0 Å². The van der Waals surface area contributed by atoms with E-state index >= 15 is 0 Å². The van der Waals surface area contributed by atoms with Gasteiger partial charge < -0.3 is 0 Å². The van der Waals surface area contributed by atoms with Crippen molar-refractivity contribution in [3.05, 3.63) is 12.2 Å². The molecule has 8 heavy (non-hydrogen) atoms. The van der Waals surface area contributed by atoms with Crippen molar-refractivity contribution in [3.8, 4) is 0 Å². The van der Waals surface area contributed by atoms with Gasteiger partial charge in [-0.2, -0.15) is 0 Å². The molecule has 0 saturated carbocycles. The first-order chi connectivity index (χ1) is 3.68. The summed E-state index contributed by atoms with van der Waals surface area (Å²) in [6.45, 7) is 8.26. The van der Waals surface area contributed by atoms with Crippen molar-refractivity contribution in [1.29, 1.82) is 0 Å². The predicted octanol–water partition coefficient (Wildman–Crippen LogP) is 2.98. The van der Waals surface area contributed by atoms with Crippen molar-refractivity contribution >= 4 is 15.9 Å². The van der Waals surface area contributed by atoms with Gasteiger partial charge in [-0.25, -0.2) is 0 Å². The smallest absolute Gasteiger partial charge is 0.00685 e. The molecule has 0 aliphatic rings. The first-order valence-electron chi connectivity index (χ1n) is 2.92. The quantitative estimate of drug-likeness (QED) is 0.459. The van der Waals surface area contributed by atoms with Crippen LogP contribution in [0.1, 0.15) is 20.3 Å². The van der Waals surface area contributed by atoms with Gasteiger partial charge in [-0.05, 0) is 12.3 Å². The van der Waals surface area contributed by atoms with Crippen molar-refractivity contribution in [3.63, 3.8) is 0 Å². The minimum atomic E-state index is 0.646. The molecule has 0 aromatic carbocycles. The highest BCUT2D eigenvalue weighted by atomic mass is 79.9. The summed E-state index contributed by atoms with van der Waals surface area (Å²) in [6.07, 6.45) is 1.11. The Bertz CT molecular complexity index is 74.5. The summed E-state index contributed by atoms with van der Waals surface area (Å²) in [5.41, 5.74) is 1.34. The van der Waals surface area contributed by atoms with Gasteiger partial charge in [-0.3, -0.25) is 0 Å². The summed E-state index contributed by atoms with van der Waals surface area (Å²) in [5, 5.41) is 1.05. The largest absolute Gasteiger partial charge is 0.0996 e. The number of hydrogen-bond donors (Lipinski definition) is 0. The molecule has 0 heterocycles. The Balaban J connectivity index is 3.33. The summed E-state index contributed by atoms with van der Waals surface area (Å²) >= 11 is 3.36. The SMILES string of the molecule is C=C(CCBr)C(C)C. The molecule has 0 spiro atoms. The molecular formula is C7H13Br. The summed E-state index contributed by atoms with van der Waals surface area (Å²) in [7, 11) is 0. The average molecular weight is 177 g/mol. The third kappa shape index (κ3) is 3.25. The van der Waals surface area contributed by atoms with E-state index in [0.29, 0.717) is 5.92 Å². The summed E-state index contributed by atoms with van der Waals surface area (Å²) < 4.78 is 0. The lowest BCUT2D eigenvalue weighted by atomic mass is 10.0. The standard InChI is InChI=1S/C7H13Br/c1-6(2)7(3)4-5-8/h6H,3-5H2,1-2H3. The van der Waals surface area contributed by atoms with Crippen molar-refractivity contribution in [2.24, 2.45) is 5.92 Å². The highest BCUT2D eigenvalue weighted by Crippen LogP contribution is 2.11. The van der Waals surface area contributed by atoms with Gasteiger partial charge in [0.15, 0.2) is 0 Å². The number of hydrogen-bond acceptors (Lipinski definition) is 0. The first-order valence-corrected chi connectivity index (χ1v) is 4.04. The fraction of sp³-hybridized carbons (Fsp3) is 0.714. The second-order valence-electron chi connectivity index (χ2n) is 2.25. The Morgan fingerprint density at radius 3 is 2.25 bits per heavy atom. The normalized spacial score (nSPS) is 10.0. The molecular weight excluding hydrogens is 164 g/mol. The molecule has 1 heteroatoms. The van der Waals surface area contributed by atoms with Gasteiger partial charge in [-0.1, -0.05) is 41.9 Å². The van der Waals surface area contributed by atoms with Gasteiger partial charge in [0.2, 0.25) is 0 Å². The third-order valence-electron chi connectivity index (χ3n) is 1.23. The van der Waals surface area contributed by atoms with Crippen molar-refractivity contribution in [2.75, 3.05) is 5.33 Å². The van der Waals surface area contributed by atoms with Crippen LogP contribution < -0.4 is 0 Å². The lowest BCUT2D eigenvalue weighted by molar-refractivity contribution is 0.740. The molecule has 0 unspecified atom stereocenters. The zero-order valence-electron chi connectivity index (χ0n) is 5.58. The van der Waals surface area contributed by atoms with E-state index in [-0.39, 0.29) is 0 Å². The lowest BCUT2D eigenvalue weighted by Crippen LogP contribution is -1.91. The molecule has 0 saturated heterocycles.